The highest BCUT2D eigenvalue weighted by molar-refractivity contribution is 6.04. The first kappa shape index (κ1) is 13.8. The molecule has 0 aliphatic heterocycles. The molecular formula is C15H15N3O2. The number of carboxylic acids is 1. The van der Waals surface area contributed by atoms with Crippen LogP contribution in [0.1, 0.15) is 23.7 Å². The molecule has 1 unspecified atom stereocenters. The molecular weight excluding hydrogens is 254 g/mol. The van der Waals surface area contributed by atoms with E-state index in [1.54, 1.807) is 7.05 Å². The van der Waals surface area contributed by atoms with Gasteiger partial charge in [-0.3, -0.25) is 4.98 Å². The molecule has 2 aromatic rings. The largest absolute Gasteiger partial charge is 0.478 e. The van der Waals surface area contributed by atoms with Gasteiger partial charge in [0.1, 0.15) is 5.56 Å². The van der Waals surface area contributed by atoms with Crippen LogP contribution in [0.25, 0.3) is 10.9 Å². The second kappa shape index (κ2) is 5.57. The lowest BCUT2D eigenvalue weighted by atomic mass is 10.1. The number of nitrogens with zero attached hydrogens (tertiary/aromatic N) is 3. The Morgan fingerprint density at radius 1 is 1.50 bits per heavy atom. The standard InChI is InChI=1S/C15H15N3O2/c1-10(7-8-16)18(2)14-11-5-3-4-6-13(11)17-9-12(14)15(19)20/h3-6,9-10H,7H2,1-2H3,(H,19,20). The van der Waals surface area contributed by atoms with E-state index in [1.807, 2.05) is 36.1 Å². The monoisotopic (exact) mass is 269 g/mol. The number of fused-ring (bicyclic) bond motifs is 1. The fraction of sp³-hybridized carbons (Fsp3) is 0.267. The molecule has 0 amide bonds. The van der Waals surface area contributed by atoms with Gasteiger partial charge in [-0.05, 0) is 13.0 Å². The number of anilines is 1. The number of hydrogen-bond donors (Lipinski definition) is 1. The van der Waals surface area contributed by atoms with E-state index in [9.17, 15) is 9.90 Å². The zero-order chi connectivity index (χ0) is 14.7. The Morgan fingerprint density at radius 2 is 2.20 bits per heavy atom. The minimum absolute atomic E-state index is 0.0797. The Morgan fingerprint density at radius 3 is 2.85 bits per heavy atom. The van der Waals surface area contributed by atoms with Crippen LogP contribution in [-0.2, 0) is 0 Å². The third-order valence-corrected chi connectivity index (χ3v) is 3.38. The van der Waals surface area contributed by atoms with E-state index in [0.29, 0.717) is 12.1 Å². The number of aromatic nitrogens is 1. The summed E-state index contributed by atoms with van der Waals surface area (Å²) in [6, 6.07) is 9.43. The van der Waals surface area contributed by atoms with Crippen LogP contribution >= 0.6 is 0 Å². The van der Waals surface area contributed by atoms with Gasteiger partial charge in [-0.2, -0.15) is 5.26 Å². The summed E-state index contributed by atoms with van der Waals surface area (Å²) in [6.45, 7) is 1.89. The summed E-state index contributed by atoms with van der Waals surface area (Å²) in [5.74, 6) is -1.02. The van der Waals surface area contributed by atoms with Crippen molar-refractivity contribution >= 4 is 22.6 Å². The number of hydrogen-bond acceptors (Lipinski definition) is 4. The van der Waals surface area contributed by atoms with Crippen LogP contribution < -0.4 is 4.90 Å². The van der Waals surface area contributed by atoms with Crippen molar-refractivity contribution in [2.45, 2.75) is 19.4 Å². The van der Waals surface area contributed by atoms with Crippen molar-refractivity contribution in [3.63, 3.8) is 0 Å². The summed E-state index contributed by atoms with van der Waals surface area (Å²) < 4.78 is 0. The number of pyridine rings is 1. The van der Waals surface area contributed by atoms with Crippen LogP contribution in [0.5, 0.6) is 0 Å². The number of rotatable bonds is 4. The molecule has 1 aromatic heterocycles. The van der Waals surface area contributed by atoms with Gasteiger partial charge in [0, 0.05) is 24.7 Å². The molecule has 0 spiro atoms. The molecule has 0 aliphatic carbocycles. The number of benzene rings is 1. The van der Waals surface area contributed by atoms with Gasteiger partial charge >= 0.3 is 5.97 Å². The van der Waals surface area contributed by atoms with Crippen molar-refractivity contribution < 1.29 is 9.90 Å². The number of carbonyl (C=O) groups is 1. The molecule has 20 heavy (non-hydrogen) atoms. The highest BCUT2D eigenvalue weighted by Gasteiger charge is 2.20. The van der Waals surface area contributed by atoms with E-state index in [1.165, 1.54) is 6.20 Å². The maximum absolute atomic E-state index is 11.4. The van der Waals surface area contributed by atoms with Crippen molar-refractivity contribution in [1.82, 2.24) is 4.98 Å². The number of aromatic carboxylic acids is 1. The van der Waals surface area contributed by atoms with Gasteiger partial charge in [-0.25, -0.2) is 4.79 Å². The van der Waals surface area contributed by atoms with E-state index < -0.39 is 5.97 Å². The van der Waals surface area contributed by atoms with Crippen LogP contribution in [0.3, 0.4) is 0 Å². The topological polar surface area (TPSA) is 77.2 Å². The first-order valence-electron chi connectivity index (χ1n) is 6.27. The van der Waals surface area contributed by atoms with Gasteiger partial charge in [-0.15, -0.1) is 0 Å². The molecule has 0 radical (unpaired) electrons. The molecule has 102 valence electrons. The van der Waals surface area contributed by atoms with Crippen molar-refractivity contribution in [1.29, 1.82) is 5.26 Å². The predicted octanol–water partition coefficient (Wildman–Crippen LogP) is 2.67. The van der Waals surface area contributed by atoms with Crippen molar-refractivity contribution in [2.24, 2.45) is 0 Å². The van der Waals surface area contributed by atoms with Crippen LogP contribution in [0.15, 0.2) is 30.5 Å². The third kappa shape index (κ3) is 2.41. The fourth-order valence-corrected chi connectivity index (χ4v) is 2.15. The summed E-state index contributed by atoms with van der Waals surface area (Å²) in [5, 5.41) is 19.0. The van der Waals surface area contributed by atoms with Crippen molar-refractivity contribution in [3.05, 3.63) is 36.0 Å². The zero-order valence-electron chi connectivity index (χ0n) is 11.4. The van der Waals surface area contributed by atoms with Gasteiger partial charge in [0.15, 0.2) is 0 Å². The summed E-state index contributed by atoms with van der Waals surface area (Å²) in [7, 11) is 1.80. The SMILES string of the molecule is CC(CC#N)N(C)c1c(C(=O)O)cnc2ccccc12. The average Bonchev–Trinajstić information content (AvgIpc) is 2.45. The number of para-hydroxylation sites is 1. The van der Waals surface area contributed by atoms with Crippen molar-refractivity contribution in [3.8, 4) is 6.07 Å². The lowest BCUT2D eigenvalue weighted by Crippen LogP contribution is -2.30. The molecule has 1 atom stereocenters. The molecule has 0 saturated heterocycles. The second-order valence-corrected chi connectivity index (χ2v) is 4.66. The Bertz CT molecular complexity index is 691. The highest BCUT2D eigenvalue weighted by Crippen LogP contribution is 2.30. The van der Waals surface area contributed by atoms with Crippen LogP contribution in [-0.4, -0.2) is 29.1 Å². The maximum atomic E-state index is 11.4. The highest BCUT2D eigenvalue weighted by atomic mass is 16.4. The first-order valence-corrected chi connectivity index (χ1v) is 6.27. The molecule has 0 fully saturated rings. The van der Waals surface area contributed by atoms with Gasteiger partial charge < -0.3 is 10.0 Å². The summed E-state index contributed by atoms with van der Waals surface area (Å²) >= 11 is 0. The minimum Gasteiger partial charge on any atom is -0.478 e. The molecule has 0 saturated carbocycles. The number of carboxylic acid groups (broad SMARTS) is 1. The lowest BCUT2D eigenvalue weighted by molar-refractivity contribution is 0.0697. The molecule has 5 heteroatoms. The fourth-order valence-electron chi connectivity index (χ4n) is 2.15. The van der Waals surface area contributed by atoms with Crippen LogP contribution in [0.2, 0.25) is 0 Å². The van der Waals surface area contributed by atoms with Gasteiger partial charge in [0.2, 0.25) is 0 Å². The summed E-state index contributed by atoms with van der Waals surface area (Å²) in [4.78, 5) is 17.4. The average molecular weight is 269 g/mol. The molecule has 2 rings (SSSR count). The smallest absolute Gasteiger partial charge is 0.339 e. The molecule has 1 N–H and O–H groups in total. The zero-order valence-corrected chi connectivity index (χ0v) is 11.4. The lowest BCUT2D eigenvalue weighted by Gasteiger charge is -2.27. The quantitative estimate of drug-likeness (QED) is 0.923. The van der Waals surface area contributed by atoms with E-state index in [-0.39, 0.29) is 11.6 Å². The normalized spacial score (nSPS) is 11.8. The number of nitriles is 1. The van der Waals surface area contributed by atoms with Gasteiger partial charge in [0.25, 0.3) is 0 Å². The Balaban J connectivity index is 2.67. The van der Waals surface area contributed by atoms with Crippen LogP contribution in [0, 0.1) is 11.3 Å². The molecule has 1 heterocycles. The van der Waals surface area contributed by atoms with Crippen molar-refractivity contribution in [2.75, 3.05) is 11.9 Å². The Hall–Kier alpha value is -2.61. The van der Waals surface area contributed by atoms with E-state index in [2.05, 4.69) is 11.1 Å². The molecule has 5 nitrogen and oxygen atoms in total. The Labute approximate surface area is 117 Å². The van der Waals surface area contributed by atoms with E-state index >= 15 is 0 Å². The molecule has 1 aromatic carbocycles. The van der Waals surface area contributed by atoms with Gasteiger partial charge in [0.05, 0.1) is 23.7 Å². The summed E-state index contributed by atoms with van der Waals surface area (Å²) in [5.41, 5.74) is 1.49. The predicted molar refractivity (Wildman–Crippen MR) is 76.8 cm³/mol. The maximum Gasteiger partial charge on any atom is 0.339 e. The van der Waals surface area contributed by atoms with E-state index in [4.69, 9.17) is 5.26 Å². The molecule has 0 aliphatic rings. The molecule has 0 bridgehead atoms. The van der Waals surface area contributed by atoms with E-state index in [0.717, 1.165) is 10.9 Å². The second-order valence-electron chi connectivity index (χ2n) is 4.66. The first-order chi connectivity index (χ1) is 9.56. The Kier molecular flexibility index (Phi) is 3.85. The minimum atomic E-state index is -1.02. The third-order valence-electron chi connectivity index (χ3n) is 3.38. The van der Waals surface area contributed by atoms with Crippen LogP contribution in [0.4, 0.5) is 5.69 Å². The summed E-state index contributed by atoms with van der Waals surface area (Å²) in [6.07, 6.45) is 1.70. The van der Waals surface area contributed by atoms with Gasteiger partial charge in [-0.1, -0.05) is 18.2 Å².